The molecule has 1 aliphatic rings. The molecule has 2 rings (SSSR count). The molecular weight excluding hydrogens is 273 g/mol. The Balaban J connectivity index is 2.07. The molecule has 0 saturated carbocycles. The Hall–Kier alpha value is -1.72. The second-order valence-corrected chi connectivity index (χ2v) is 5.49. The number of carboxylic acid groups (broad SMARTS) is 1. The largest absolute Gasteiger partial charge is 0.478 e. The van der Waals surface area contributed by atoms with Crippen LogP contribution in [0.25, 0.3) is 6.08 Å². The molecule has 1 fully saturated rings. The second-order valence-electron chi connectivity index (χ2n) is 5.49. The summed E-state index contributed by atoms with van der Waals surface area (Å²) in [4.78, 5) is 12.7. The molecule has 1 aliphatic heterocycles. The van der Waals surface area contributed by atoms with Crippen LogP contribution in [0.1, 0.15) is 24.0 Å². The van der Waals surface area contributed by atoms with Gasteiger partial charge in [-0.05, 0) is 54.6 Å². The Labute approximate surface area is 123 Å². The highest BCUT2D eigenvalue weighted by Gasteiger charge is 2.19. The van der Waals surface area contributed by atoms with Crippen molar-refractivity contribution in [2.45, 2.75) is 19.4 Å². The zero-order valence-electron chi connectivity index (χ0n) is 11.8. The molecule has 2 N–H and O–H groups in total. The number of carbonyl (C=O) groups is 1. The van der Waals surface area contributed by atoms with E-state index in [2.05, 4.69) is 4.90 Å². The molecule has 1 saturated heterocycles. The van der Waals surface area contributed by atoms with Gasteiger partial charge >= 0.3 is 5.97 Å². The molecule has 0 bridgehead atoms. The summed E-state index contributed by atoms with van der Waals surface area (Å²) in [5.74, 6) is -1.13. The quantitative estimate of drug-likeness (QED) is 0.817. The minimum Gasteiger partial charge on any atom is -0.478 e. The van der Waals surface area contributed by atoms with Gasteiger partial charge in [-0.25, -0.2) is 9.18 Å². The first-order chi connectivity index (χ1) is 10.1. The number of halogens is 1. The van der Waals surface area contributed by atoms with Gasteiger partial charge in [-0.1, -0.05) is 6.07 Å². The predicted molar refractivity (Wildman–Crippen MR) is 78.2 cm³/mol. The Kier molecular flexibility index (Phi) is 5.47. The van der Waals surface area contributed by atoms with E-state index < -0.39 is 5.97 Å². The van der Waals surface area contributed by atoms with Gasteiger partial charge in [-0.3, -0.25) is 4.90 Å². The van der Waals surface area contributed by atoms with Crippen LogP contribution >= 0.6 is 0 Å². The smallest absolute Gasteiger partial charge is 0.328 e. The zero-order chi connectivity index (χ0) is 15.2. The minimum absolute atomic E-state index is 0.187. The highest BCUT2D eigenvalue weighted by atomic mass is 19.1. The van der Waals surface area contributed by atoms with Crippen LogP contribution in [0.5, 0.6) is 0 Å². The summed E-state index contributed by atoms with van der Waals surface area (Å²) in [6.45, 7) is 2.55. The maximum atomic E-state index is 13.6. The summed E-state index contributed by atoms with van der Waals surface area (Å²) >= 11 is 0. The lowest BCUT2D eigenvalue weighted by molar-refractivity contribution is -0.131. The average molecular weight is 293 g/mol. The number of likely N-dealkylation sites (tertiary alicyclic amines) is 1. The third kappa shape index (κ3) is 4.95. The molecule has 0 aromatic heterocycles. The third-order valence-electron chi connectivity index (χ3n) is 3.67. The van der Waals surface area contributed by atoms with Crippen LogP contribution in [0, 0.1) is 11.7 Å². The fourth-order valence-corrected chi connectivity index (χ4v) is 2.73. The fraction of sp³-hybridized carbons (Fsp3) is 0.438. The molecule has 1 atom stereocenters. The minimum atomic E-state index is -1.05. The molecule has 1 heterocycles. The van der Waals surface area contributed by atoms with Crippen LogP contribution in [0.2, 0.25) is 0 Å². The summed E-state index contributed by atoms with van der Waals surface area (Å²) < 4.78 is 13.6. The van der Waals surface area contributed by atoms with Gasteiger partial charge in [0, 0.05) is 25.8 Å². The van der Waals surface area contributed by atoms with E-state index >= 15 is 0 Å². The van der Waals surface area contributed by atoms with Crippen molar-refractivity contribution in [3.8, 4) is 0 Å². The van der Waals surface area contributed by atoms with E-state index in [1.807, 2.05) is 0 Å². The zero-order valence-corrected chi connectivity index (χ0v) is 11.8. The summed E-state index contributed by atoms with van der Waals surface area (Å²) in [5, 5.41) is 17.9. The number of hydrogen-bond acceptors (Lipinski definition) is 3. The molecule has 0 amide bonds. The average Bonchev–Trinajstić information content (AvgIpc) is 2.45. The van der Waals surface area contributed by atoms with E-state index in [-0.39, 0.29) is 12.4 Å². The van der Waals surface area contributed by atoms with Gasteiger partial charge < -0.3 is 10.2 Å². The van der Waals surface area contributed by atoms with E-state index in [0.29, 0.717) is 18.0 Å². The van der Waals surface area contributed by atoms with E-state index in [1.54, 1.807) is 6.07 Å². The van der Waals surface area contributed by atoms with Crippen molar-refractivity contribution in [2.75, 3.05) is 19.7 Å². The molecule has 0 aliphatic carbocycles. The Bertz CT molecular complexity index is 530. The SMILES string of the molecule is O=C(O)C=Cc1cc(F)cc(CN2CCCC(CO)C2)c1. The van der Waals surface area contributed by atoms with Crippen molar-refractivity contribution in [3.63, 3.8) is 0 Å². The highest BCUT2D eigenvalue weighted by molar-refractivity contribution is 5.85. The Morgan fingerprint density at radius 1 is 1.43 bits per heavy atom. The predicted octanol–water partition coefficient (Wildman–Crippen LogP) is 2.13. The van der Waals surface area contributed by atoms with Crippen molar-refractivity contribution in [3.05, 3.63) is 41.2 Å². The maximum absolute atomic E-state index is 13.6. The van der Waals surface area contributed by atoms with Crippen LogP contribution < -0.4 is 0 Å². The standard InChI is InChI=1S/C16H20FNO3/c17-15-7-12(3-4-16(20)21)6-14(8-15)10-18-5-1-2-13(9-18)11-19/h3-4,6-8,13,19H,1-2,5,9-11H2,(H,20,21). The Morgan fingerprint density at radius 2 is 2.24 bits per heavy atom. The van der Waals surface area contributed by atoms with E-state index in [4.69, 9.17) is 5.11 Å². The molecule has 0 radical (unpaired) electrons. The van der Waals surface area contributed by atoms with Crippen LogP contribution in [-0.4, -0.2) is 40.8 Å². The van der Waals surface area contributed by atoms with Crippen molar-refractivity contribution in [1.29, 1.82) is 0 Å². The summed E-state index contributed by atoms with van der Waals surface area (Å²) in [6.07, 6.45) is 4.46. The number of aliphatic carboxylic acids is 1. The van der Waals surface area contributed by atoms with Crippen LogP contribution in [0.15, 0.2) is 24.3 Å². The first kappa shape index (κ1) is 15.7. The number of aliphatic hydroxyl groups excluding tert-OH is 1. The molecule has 1 aromatic rings. The van der Waals surface area contributed by atoms with Crippen LogP contribution in [0.3, 0.4) is 0 Å². The first-order valence-electron chi connectivity index (χ1n) is 7.10. The van der Waals surface area contributed by atoms with Gasteiger partial charge in [-0.2, -0.15) is 0 Å². The topological polar surface area (TPSA) is 60.8 Å². The Morgan fingerprint density at radius 3 is 2.95 bits per heavy atom. The van der Waals surface area contributed by atoms with E-state index in [1.165, 1.54) is 18.2 Å². The van der Waals surface area contributed by atoms with Gasteiger partial charge in [0.05, 0.1) is 0 Å². The molecule has 0 spiro atoms. The number of aliphatic hydroxyl groups is 1. The molecule has 1 unspecified atom stereocenters. The number of piperidine rings is 1. The van der Waals surface area contributed by atoms with Gasteiger partial charge in [0.15, 0.2) is 0 Å². The molecule has 114 valence electrons. The van der Waals surface area contributed by atoms with E-state index in [0.717, 1.165) is 37.6 Å². The highest BCUT2D eigenvalue weighted by Crippen LogP contribution is 2.19. The van der Waals surface area contributed by atoms with Gasteiger partial charge in [-0.15, -0.1) is 0 Å². The monoisotopic (exact) mass is 293 g/mol. The summed E-state index contributed by atoms with van der Waals surface area (Å²) in [5.41, 5.74) is 1.36. The van der Waals surface area contributed by atoms with Crippen molar-refractivity contribution in [1.82, 2.24) is 4.90 Å². The van der Waals surface area contributed by atoms with Gasteiger partial charge in [0.25, 0.3) is 0 Å². The molecule has 21 heavy (non-hydrogen) atoms. The van der Waals surface area contributed by atoms with Crippen molar-refractivity contribution >= 4 is 12.0 Å². The number of nitrogens with zero attached hydrogens (tertiary/aromatic N) is 1. The fourth-order valence-electron chi connectivity index (χ4n) is 2.73. The van der Waals surface area contributed by atoms with Crippen LogP contribution in [-0.2, 0) is 11.3 Å². The van der Waals surface area contributed by atoms with Crippen molar-refractivity contribution in [2.24, 2.45) is 5.92 Å². The molecule has 4 nitrogen and oxygen atoms in total. The van der Waals surface area contributed by atoms with Crippen LogP contribution in [0.4, 0.5) is 4.39 Å². The molecular formula is C16H20FNO3. The maximum Gasteiger partial charge on any atom is 0.328 e. The second kappa shape index (κ2) is 7.33. The normalized spacial score (nSPS) is 20.0. The summed E-state index contributed by atoms with van der Waals surface area (Å²) in [7, 11) is 0. The van der Waals surface area contributed by atoms with Crippen molar-refractivity contribution < 1.29 is 19.4 Å². The lowest BCUT2D eigenvalue weighted by atomic mass is 9.98. The first-order valence-corrected chi connectivity index (χ1v) is 7.10. The number of rotatable bonds is 5. The lowest BCUT2D eigenvalue weighted by Gasteiger charge is -2.31. The lowest BCUT2D eigenvalue weighted by Crippen LogP contribution is -2.36. The molecule has 5 heteroatoms. The van der Waals surface area contributed by atoms with Gasteiger partial charge in [0.1, 0.15) is 5.82 Å². The van der Waals surface area contributed by atoms with Gasteiger partial charge in [0.2, 0.25) is 0 Å². The third-order valence-corrected chi connectivity index (χ3v) is 3.67. The van der Waals surface area contributed by atoms with E-state index in [9.17, 15) is 14.3 Å². The molecule has 1 aromatic carbocycles. The number of carboxylic acids is 1. The number of benzene rings is 1. The summed E-state index contributed by atoms with van der Waals surface area (Å²) in [6, 6.07) is 4.58. The number of hydrogen-bond donors (Lipinski definition) is 2.